The number of para-hydroxylation sites is 1. The van der Waals surface area contributed by atoms with Crippen LogP contribution in [-0.4, -0.2) is 12.6 Å². The molecule has 212 valence electrons. The first-order valence-corrected chi connectivity index (χ1v) is 13.6. The smallest absolute Gasteiger partial charge is 0.347 e. The Labute approximate surface area is 243 Å². The second kappa shape index (κ2) is 12.9. The molecule has 0 saturated carbocycles. The molecule has 42 heavy (non-hydrogen) atoms. The van der Waals surface area contributed by atoms with E-state index in [2.05, 4.69) is 13.0 Å². The van der Waals surface area contributed by atoms with Crippen molar-refractivity contribution in [2.75, 3.05) is 6.61 Å². The van der Waals surface area contributed by atoms with Crippen LogP contribution >= 0.6 is 0 Å². The van der Waals surface area contributed by atoms with Gasteiger partial charge in [0.25, 0.3) is 0 Å². The van der Waals surface area contributed by atoms with Gasteiger partial charge in [-0.2, -0.15) is 5.26 Å². The fraction of sp³-hybridized carbons (Fsp3) is 0.176. The van der Waals surface area contributed by atoms with Gasteiger partial charge in [0.05, 0.1) is 12.5 Å². The molecule has 0 fully saturated rings. The minimum atomic E-state index is -0.574. The van der Waals surface area contributed by atoms with Crippen molar-refractivity contribution in [3.8, 4) is 29.1 Å². The molecule has 1 atom stereocenters. The fourth-order valence-electron chi connectivity index (χ4n) is 4.65. The Morgan fingerprint density at radius 3 is 2.60 bits per heavy atom. The molecular formula is C34H29FN2O5. The number of allylic oxidation sites excluding steroid dienone is 1. The van der Waals surface area contributed by atoms with Crippen LogP contribution in [0.5, 0.6) is 23.0 Å². The number of fused-ring (bicyclic) bond motifs is 1. The maximum atomic E-state index is 14.1. The van der Waals surface area contributed by atoms with E-state index in [0.29, 0.717) is 40.5 Å². The highest BCUT2D eigenvalue weighted by Gasteiger charge is 2.31. The predicted molar refractivity (Wildman–Crippen MR) is 155 cm³/mol. The van der Waals surface area contributed by atoms with Gasteiger partial charge in [0.1, 0.15) is 52.6 Å². The number of carbonyl (C=O) groups excluding carboxylic acids is 1. The van der Waals surface area contributed by atoms with E-state index in [1.54, 1.807) is 78.9 Å². The molecule has 0 saturated heterocycles. The summed E-state index contributed by atoms with van der Waals surface area (Å²) in [5.41, 5.74) is 8.54. The summed E-state index contributed by atoms with van der Waals surface area (Å²) in [6.45, 7) is 2.61. The summed E-state index contributed by atoms with van der Waals surface area (Å²) in [5, 5.41) is 9.95. The number of hydrogen-bond donors (Lipinski definition) is 1. The Bertz CT molecular complexity index is 1680. The molecule has 0 aliphatic carbocycles. The van der Waals surface area contributed by atoms with Crippen LogP contribution in [0.2, 0.25) is 0 Å². The van der Waals surface area contributed by atoms with Gasteiger partial charge in [-0.05, 0) is 48.4 Å². The maximum absolute atomic E-state index is 14.1. The van der Waals surface area contributed by atoms with Gasteiger partial charge in [-0.1, -0.05) is 61.9 Å². The van der Waals surface area contributed by atoms with E-state index in [-0.39, 0.29) is 29.6 Å². The van der Waals surface area contributed by atoms with Crippen molar-refractivity contribution in [3.05, 3.63) is 131 Å². The largest absolute Gasteiger partial charge is 0.493 e. The molecule has 1 aliphatic rings. The van der Waals surface area contributed by atoms with E-state index in [0.717, 1.165) is 18.4 Å². The van der Waals surface area contributed by atoms with Crippen LogP contribution in [0.25, 0.3) is 0 Å². The molecule has 4 aromatic rings. The van der Waals surface area contributed by atoms with Gasteiger partial charge in [-0.25, -0.2) is 9.18 Å². The van der Waals surface area contributed by atoms with Crippen LogP contribution in [-0.2, 0) is 6.61 Å². The summed E-state index contributed by atoms with van der Waals surface area (Å²) < 4.78 is 37.2. The number of unbranched alkanes of at least 4 members (excludes halogenated alkanes) is 1. The molecule has 8 heteroatoms. The van der Waals surface area contributed by atoms with Crippen LogP contribution in [0.1, 0.15) is 52.7 Å². The molecule has 5 rings (SSSR count). The number of hydrogen-bond acceptors (Lipinski definition) is 7. The summed E-state index contributed by atoms with van der Waals surface area (Å²) in [6, 6.07) is 27.6. The van der Waals surface area contributed by atoms with E-state index in [4.69, 9.17) is 24.7 Å². The summed E-state index contributed by atoms with van der Waals surface area (Å²) >= 11 is 0. The topological polar surface area (TPSA) is 104 Å². The van der Waals surface area contributed by atoms with Gasteiger partial charge in [0, 0.05) is 17.2 Å². The average Bonchev–Trinajstić information content (AvgIpc) is 3.00. The summed E-state index contributed by atoms with van der Waals surface area (Å²) in [7, 11) is 0. The lowest BCUT2D eigenvalue weighted by Gasteiger charge is -2.27. The number of nitrogens with zero attached hydrogens (tertiary/aromatic N) is 1. The van der Waals surface area contributed by atoms with E-state index in [9.17, 15) is 14.4 Å². The van der Waals surface area contributed by atoms with E-state index >= 15 is 0 Å². The predicted octanol–water partition coefficient (Wildman–Crippen LogP) is 7.02. The Hall–Kier alpha value is -5.29. The molecular weight excluding hydrogens is 535 g/mol. The second-order valence-corrected chi connectivity index (χ2v) is 9.66. The Morgan fingerprint density at radius 1 is 0.976 bits per heavy atom. The number of nitrogens with two attached hydrogens (primary N) is 1. The van der Waals surface area contributed by atoms with Crippen LogP contribution in [0.3, 0.4) is 0 Å². The maximum Gasteiger partial charge on any atom is 0.347 e. The van der Waals surface area contributed by atoms with Gasteiger partial charge in [0.2, 0.25) is 5.88 Å². The van der Waals surface area contributed by atoms with Gasteiger partial charge < -0.3 is 24.7 Å². The van der Waals surface area contributed by atoms with Crippen molar-refractivity contribution in [1.82, 2.24) is 0 Å². The van der Waals surface area contributed by atoms with Crippen LogP contribution < -0.4 is 24.7 Å². The van der Waals surface area contributed by atoms with Crippen LogP contribution in [0.15, 0.2) is 102 Å². The summed E-state index contributed by atoms with van der Waals surface area (Å²) in [4.78, 5) is 13.0. The van der Waals surface area contributed by atoms with Crippen molar-refractivity contribution in [2.24, 2.45) is 5.73 Å². The zero-order chi connectivity index (χ0) is 29.5. The van der Waals surface area contributed by atoms with Crippen molar-refractivity contribution in [3.63, 3.8) is 0 Å². The first-order valence-electron chi connectivity index (χ1n) is 13.6. The summed E-state index contributed by atoms with van der Waals surface area (Å²) in [6.07, 6.45) is 1.84. The third-order valence-corrected chi connectivity index (χ3v) is 6.81. The number of carbonyl (C=O) groups is 1. The lowest BCUT2D eigenvalue weighted by molar-refractivity contribution is 0.0730. The van der Waals surface area contributed by atoms with E-state index in [1.165, 1.54) is 6.07 Å². The van der Waals surface area contributed by atoms with E-state index in [1.807, 2.05) is 6.07 Å². The first-order chi connectivity index (χ1) is 20.5. The minimum absolute atomic E-state index is 0.0467. The minimum Gasteiger partial charge on any atom is -0.493 e. The molecule has 1 aliphatic heterocycles. The number of benzene rings is 4. The SMILES string of the molecule is CCCCOc1ccccc1C(=O)Oc1ccc2c(c1)OC(N)=C(C#N)C2c1cccc(OCc2ccccc2F)c1. The third-order valence-electron chi connectivity index (χ3n) is 6.81. The fourth-order valence-corrected chi connectivity index (χ4v) is 4.65. The Morgan fingerprint density at radius 2 is 1.79 bits per heavy atom. The monoisotopic (exact) mass is 564 g/mol. The number of halogens is 1. The first kappa shape index (κ1) is 28.2. The highest BCUT2D eigenvalue weighted by molar-refractivity contribution is 5.94. The summed E-state index contributed by atoms with van der Waals surface area (Å²) in [5.74, 6) is 0.0223. The molecule has 1 unspecified atom stereocenters. The molecule has 0 spiro atoms. The molecule has 0 amide bonds. The number of esters is 1. The molecule has 4 aromatic carbocycles. The standard InChI is InChI=1S/C34H29FN2O5/c1-2-3-17-39-30-14-7-5-12-27(30)34(38)41-25-15-16-26-31(19-25)42-33(37)28(20-36)32(26)22-10-8-11-24(18-22)40-21-23-9-4-6-13-29(23)35/h4-16,18-19,32H,2-3,17,21,37H2,1H3. The lowest BCUT2D eigenvalue weighted by atomic mass is 9.83. The number of nitriles is 1. The molecule has 0 bridgehead atoms. The van der Waals surface area contributed by atoms with Crippen molar-refractivity contribution in [1.29, 1.82) is 5.26 Å². The van der Waals surface area contributed by atoms with Gasteiger partial charge in [-0.15, -0.1) is 0 Å². The molecule has 7 nitrogen and oxygen atoms in total. The van der Waals surface area contributed by atoms with Gasteiger partial charge >= 0.3 is 5.97 Å². The molecule has 0 aromatic heterocycles. The average molecular weight is 565 g/mol. The van der Waals surface area contributed by atoms with Gasteiger partial charge in [0.15, 0.2) is 0 Å². The Balaban J connectivity index is 1.39. The number of ether oxygens (including phenoxy) is 4. The van der Waals surface area contributed by atoms with Gasteiger partial charge in [-0.3, -0.25) is 0 Å². The van der Waals surface area contributed by atoms with Crippen molar-refractivity contribution in [2.45, 2.75) is 32.3 Å². The zero-order valence-corrected chi connectivity index (χ0v) is 23.0. The third kappa shape index (κ3) is 6.21. The van der Waals surface area contributed by atoms with Crippen molar-refractivity contribution >= 4 is 5.97 Å². The highest BCUT2D eigenvalue weighted by Crippen LogP contribution is 2.44. The van der Waals surface area contributed by atoms with E-state index < -0.39 is 11.9 Å². The van der Waals surface area contributed by atoms with Crippen molar-refractivity contribution < 1.29 is 28.1 Å². The van der Waals surface area contributed by atoms with Crippen LogP contribution in [0, 0.1) is 17.1 Å². The highest BCUT2D eigenvalue weighted by atomic mass is 19.1. The molecule has 2 N–H and O–H groups in total. The lowest BCUT2D eigenvalue weighted by Crippen LogP contribution is -2.21. The molecule has 0 radical (unpaired) electrons. The van der Waals surface area contributed by atoms with Crippen LogP contribution in [0.4, 0.5) is 4.39 Å². The number of rotatable bonds is 10. The zero-order valence-electron chi connectivity index (χ0n) is 23.0. The quantitative estimate of drug-likeness (QED) is 0.125. The molecule has 1 heterocycles. The normalized spacial score (nSPS) is 13.9. The Kier molecular flexibility index (Phi) is 8.69. The second-order valence-electron chi connectivity index (χ2n) is 9.66.